The van der Waals surface area contributed by atoms with Gasteiger partial charge in [-0.25, -0.2) is 14.4 Å². The fourth-order valence-corrected chi connectivity index (χ4v) is 2.03. The molecule has 1 N–H and O–H groups in total. The van der Waals surface area contributed by atoms with Gasteiger partial charge >= 0.3 is 0 Å². The third kappa shape index (κ3) is 6.62. The average Bonchev–Trinajstić information content (AvgIpc) is 2.55. The SMILES string of the molecule is Clc1cncc(Cl)n1.Fc1ccc(CNc2cncc(Cl)n2)cc1. The molecule has 0 unspecified atom stereocenters. The minimum Gasteiger partial charge on any atom is -0.365 e. The topological polar surface area (TPSA) is 63.6 Å². The molecule has 0 radical (unpaired) electrons. The van der Waals surface area contributed by atoms with Gasteiger partial charge in [0.1, 0.15) is 27.1 Å². The van der Waals surface area contributed by atoms with Gasteiger partial charge in [-0.3, -0.25) is 9.97 Å². The zero-order chi connectivity index (χ0) is 17.4. The predicted molar refractivity (Wildman–Crippen MR) is 92.8 cm³/mol. The Morgan fingerprint density at radius 3 is 1.83 bits per heavy atom. The number of rotatable bonds is 3. The van der Waals surface area contributed by atoms with Crippen LogP contribution in [0.1, 0.15) is 5.56 Å². The number of hydrogen-bond donors (Lipinski definition) is 1. The van der Waals surface area contributed by atoms with Gasteiger partial charge in [0.25, 0.3) is 0 Å². The minimum atomic E-state index is -0.244. The van der Waals surface area contributed by atoms with Gasteiger partial charge in [0.2, 0.25) is 0 Å². The van der Waals surface area contributed by atoms with E-state index in [4.69, 9.17) is 34.8 Å². The first-order valence-corrected chi connectivity index (χ1v) is 7.75. The van der Waals surface area contributed by atoms with Crippen molar-refractivity contribution in [3.63, 3.8) is 0 Å². The molecule has 5 nitrogen and oxygen atoms in total. The summed E-state index contributed by atoms with van der Waals surface area (Å²) in [6.07, 6.45) is 5.89. The van der Waals surface area contributed by atoms with Gasteiger partial charge in [-0.2, -0.15) is 0 Å². The molecule has 0 spiro atoms. The molecule has 0 aliphatic heterocycles. The molecule has 0 saturated carbocycles. The van der Waals surface area contributed by atoms with Gasteiger partial charge < -0.3 is 5.32 Å². The summed E-state index contributed by atoms with van der Waals surface area (Å²) in [6.45, 7) is 0.551. The Balaban J connectivity index is 0.000000219. The summed E-state index contributed by atoms with van der Waals surface area (Å²) < 4.78 is 12.6. The van der Waals surface area contributed by atoms with E-state index in [9.17, 15) is 4.39 Å². The fourth-order valence-electron chi connectivity index (χ4n) is 1.54. The van der Waals surface area contributed by atoms with Crippen LogP contribution in [-0.4, -0.2) is 19.9 Å². The summed E-state index contributed by atoms with van der Waals surface area (Å²) in [4.78, 5) is 15.2. The van der Waals surface area contributed by atoms with Gasteiger partial charge in [0, 0.05) is 6.54 Å². The van der Waals surface area contributed by atoms with Crippen LogP contribution in [-0.2, 0) is 6.54 Å². The first-order valence-electron chi connectivity index (χ1n) is 6.62. The summed E-state index contributed by atoms with van der Waals surface area (Å²) in [5.41, 5.74) is 0.961. The number of nitrogens with zero attached hydrogens (tertiary/aromatic N) is 4. The molecule has 3 rings (SSSR count). The summed E-state index contributed by atoms with van der Waals surface area (Å²) in [5, 5.41) is 4.01. The highest BCUT2D eigenvalue weighted by Gasteiger charge is 1.97. The van der Waals surface area contributed by atoms with Crippen LogP contribution >= 0.6 is 34.8 Å². The molecule has 0 bridgehead atoms. The number of halogens is 4. The van der Waals surface area contributed by atoms with Crippen LogP contribution in [0.4, 0.5) is 10.2 Å². The van der Waals surface area contributed by atoms with Crippen molar-refractivity contribution in [3.8, 4) is 0 Å². The van der Waals surface area contributed by atoms with Crippen LogP contribution in [0.2, 0.25) is 15.5 Å². The molecule has 0 amide bonds. The van der Waals surface area contributed by atoms with E-state index < -0.39 is 0 Å². The van der Waals surface area contributed by atoms with E-state index >= 15 is 0 Å². The molecule has 0 saturated heterocycles. The van der Waals surface area contributed by atoms with Crippen LogP contribution in [0, 0.1) is 5.82 Å². The van der Waals surface area contributed by atoms with Crippen molar-refractivity contribution in [2.24, 2.45) is 0 Å². The standard InChI is InChI=1S/C11H9ClFN3.C4H2Cl2N2/c12-10-6-14-7-11(16-10)15-5-8-1-3-9(13)4-2-8;5-3-1-7-2-4(6)8-3/h1-4,6-7H,5H2,(H,15,16);1-2H. The molecular formula is C15H11Cl3FN5. The quantitative estimate of drug-likeness (QED) is 0.709. The molecule has 0 atom stereocenters. The van der Waals surface area contributed by atoms with Crippen molar-refractivity contribution in [2.45, 2.75) is 6.54 Å². The van der Waals surface area contributed by atoms with Crippen molar-refractivity contribution < 1.29 is 4.39 Å². The smallest absolute Gasteiger partial charge is 0.149 e. The van der Waals surface area contributed by atoms with E-state index in [0.29, 0.717) is 27.8 Å². The maximum absolute atomic E-state index is 12.6. The van der Waals surface area contributed by atoms with Crippen molar-refractivity contribution in [1.29, 1.82) is 0 Å². The zero-order valence-electron chi connectivity index (χ0n) is 12.1. The molecule has 2 aromatic heterocycles. The maximum Gasteiger partial charge on any atom is 0.149 e. The third-order valence-corrected chi connectivity index (χ3v) is 3.11. The highest BCUT2D eigenvalue weighted by Crippen LogP contribution is 2.09. The average molecular weight is 387 g/mol. The minimum absolute atomic E-state index is 0.244. The van der Waals surface area contributed by atoms with Crippen molar-refractivity contribution >= 4 is 40.6 Å². The van der Waals surface area contributed by atoms with Crippen LogP contribution < -0.4 is 5.32 Å². The Bertz CT molecular complexity index is 769. The lowest BCUT2D eigenvalue weighted by Crippen LogP contribution is -2.01. The molecule has 24 heavy (non-hydrogen) atoms. The number of benzene rings is 1. The van der Waals surface area contributed by atoms with Gasteiger partial charge in [-0.05, 0) is 17.7 Å². The van der Waals surface area contributed by atoms with Gasteiger partial charge in [0.15, 0.2) is 0 Å². The summed E-state index contributed by atoms with van der Waals surface area (Å²) >= 11 is 16.5. The van der Waals surface area contributed by atoms with Gasteiger partial charge in [-0.15, -0.1) is 0 Å². The van der Waals surface area contributed by atoms with Crippen LogP contribution in [0.5, 0.6) is 0 Å². The Morgan fingerprint density at radius 2 is 1.33 bits per heavy atom. The van der Waals surface area contributed by atoms with Crippen molar-refractivity contribution in [1.82, 2.24) is 19.9 Å². The highest BCUT2D eigenvalue weighted by atomic mass is 35.5. The molecule has 0 fully saturated rings. The number of hydrogen-bond acceptors (Lipinski definition) is 5. The second-order valence-electron chi connectivity index (χ2n) is 4.37. The predicted octanol–water partition coefficient (Wildman–Crippen LogP) is 4.66. The van der Waals surface area contributed by atoms with E-state index in [0.717, 1.165) is 5.56 Å². The van der Waals surface area contributed by atoms with E-state index in [1.54, 1.807) is 18.3 Å². The summed E-state index contributed by atoms with van der Waals surface area (Å²) in [5.74, 6) is 0.350. The van der Waals surface area contributed by atoms with E-state index in [2.05, 4.69) is 25.3 Å². The number of aromatic nitrogens is 4. The van der Waals surface area contributed by atoms with Crippen LogP contribution in [0.15, 0.2) is 49.1 Å². The Kier molecular flexibility index (Phi) is 7.11. The molecule has 1 aromatic carbocycles. The lowest BCUT2D eigenvalue weighted by Gasteiger charge is -2.05. The lowest BCUT2D eigenvalue weighted by atomic mass is 10.2. The number of anilines is 1. The monoisotopic (exact) mass is 385 g/mol. The van der Waals surface area contributed by atoms with Crippen molar-refractivity contribution in [3.05, 3.63) is 75.9 Å². The van der Waals surface area contributed by atoms with E-state index in [1.807, 2.05) is 0 Å². The lowest BCUT2D eigenvalue weighted by molar-refractivity contribution is 0.627. The van der Waals surface area contributed by atoms with Crippen LogP contribution in [0.3, 0.4) is 0 Å². The van der Waals surface area contributed by atoms with E-state index in [1.165, 1.54) is 30.7 Å². The Labute approximate surface area is 152 Å². The third-order valence-electron chi connectivity index (χ3n) is 2.57. The summed E-state index contributed by atoms with van der Waals surface area (Å²) in [7, 11) is 0. The largest absolute Gasteiger partial charge is 0.365 e. The molecule has 3 aromatic rings. The van der Waals surface area contributed by atoms with E-state index in [-0.39, 0.29) is 5.82 Å². The van der Waals surface area contributed by atoms with Crippen molar-refractivity contribution in [2.75, 3.05) is 5.32 Å². The molecule has 2 heterocycles. The normalized spacial score (nSPS) is 9.83. The second-order valence-corrected chi connectivity index (χ2v) is 5.53. The fraction of sp³-hybridized carbons (Fsp3) is 0.0667. The molecule has 9 heteroatoms. The summed E-state index contributed by atoms with van der Waals surface area (Å²) in [6, 6.07) is 6.25. The molecule has 0 aliphatic rings. The van der Waals surface area contributed by atoms with Gasteiger partial charge in [-0.1, -0.05) is 46.9 Å². The zero-order valence-corrected chi connectivity index (χ0v) is 14.4. The number of nitrogens with one attached hydrogen (secondary N) is 1. The highest BCUT2D eigenvalue weighted by molar-refractivity contribution is 6.32. The maximum atomic E-state index is 12.6. The van der Waals surface area contributed by atoms with Crippen LogP contribution in [0.25, 0.3) is 0 Å². The molecule has 124 valence electrons. The Morgan fingerprint density at radius 1 is 0.792 bits per heavy atom. The molecular weight excluding hydrogens is 376 g/mol. The van der Waals surface area contributed by atoms with Gasteiger partial charge in [0.05, 0.1) is 24.8 Å². The first-order chi connectivity index (χ1) is 11.5. The Hall–Kier alpha value is -2.02. The molecule has 0 aliphatic carbocycles. The first kappa shape index (κ1) is 18.3. The second kappa shape index (κ2) is 9.32.